The molecule has 0 fully saturated rings. The van der Waals surface area contributed by atoms with Crippen molar-refractivity contribution < 1.29 is 4.74 Å². The van der Waals surface area contributed by atoms with E-state index in [-0.39, 0.29) is 0 Å². The number of aryl methyl sites for hydroxylation is 2. The van der Waals surface area contributed by atoms with Gasteiger partial charge >= 0.3 is 0 Å². The van der Waals surface area contributed by atoms with Gasteiger partial charge in [-0.3, -0.25) is 0 Å². The van der Waals surface area contributed by atoms with Crippen LogP contribution in [0.3, 0.4) is 0 Å². The van der Waals surface area contributed by atoms with Crippen molar-refractivity contribution in [2.75, 3.05) is 17.7 Å². The monoisotopic (exact) mass is 321 g/mol. The van der Waals surface area contributed by atoms with Gasteiger partial charge in [0.15, 0.2) is 0 Å². The van der Waals surface area contributed by atoms with Gasteiger partial charge in [0.2, 0.25) is 11.9 Å². The molecule has 0 aliphatic heterocycles. The highest BCUT2D eigenvalue weighted by atomic mass is 16.5. The van der Waals surface area contributed by atoms with E-state index < -0.39 is 0 Å². The molecule has 1 aromatic heterocycles. The van der Waals surface area contributed by atoms with Crippen molar-refractivity contribution in [2.24, 2.45) is 0 Å². The Balaban J connectivity index is 1.86. The lowest BCUT2D eigenvalue weighted by molar-refractivity contribution is 0.417. The second-order valence-electron chi connectivity index (χ2n) is 5.35. The molecule has 6 nitrogen and oxygen atoms in total. The van der Waals surface area contributed by atoms with E-state index in [1.807, 2.05) is 62.4 Å². The third kappa shape index (κ3) is 3.78. The van der Waals surface area contributed by atoms with Gasteiger partial charge < -0.3 is 15.4 Å². The Labute approximate surface area is 141 Å². The summed E-state index contributed by atoms with van der Waals surface area (Å²) in [6.45, 7) is 3.87. The Morgan fingerprint density at radius 3 is 2.33 bits per heavy atom. The van der Waals surface area contributed by atoms with Crippen LogP contribution in [-0.2, 0) is 0 Å². The summed E-state index contributed by atoms with van der Waals surface area (Å²) >= 11 is 0. The van der Waals surface area contributed by atoms with Crippen LogP contribution in [-0.4, -0.2) is 22.1 Å². The maximum absolute atomic E-state index is 5.34. The minimum absolute atomic E-state index is 0.460. The normalized spacial score (nSPS) is 10.3. The predicted octanol–water partition coefficient (Wildman–Crippen LogP) is 3.98. The van der Waals surface area contributed by atoms with E-state index in [1.165, 1.54) is 0 Å². The summed E-state index contributed by atoms with van der Waals surface area (Å²) in [5, 5.41) is 6.38. The highest BCUT2D eigenvalue weighted by Crippen LogP contribution is 2.26. The van der Waals surface area contributed by atoms with Gasteiger partial charge in [-0.15, -0.1) is 0 Å². The van der Waals surface area contributed by atoms with Crippen molar-refractivity contribution in [3.8, 4) is 5.75 Å². The number of para-hydroxylation sites is 2. The third-order valence-electron chi connectivity index (χ3n) is 3.37. The largest absolute Gasteiger partial charge is 0.495 e. The Morgan fingerprint density at radius 1 is 0.833 bits per heavy atom. The minimum atomic E-state index is 0.460. The molecular weight excluding hydrogens is 302 g/mol. The maximum atomic E-state index is 5.34. The van der Waals surface area contributed by atoms with E-state index in [0.29, 0.717) is 17.7 Å². The molecule has 0 saturated carbocycles. The number of benzene rings is 2. The number of methoxy groups -OCH3 is 1. The average Bonchev–Trinajstić information content (AvgIpc) is 2.55. The maximum Gasteiger partial charge on any atom is 0.232 e. The van der Waals surface area contributed by atoms with Crippen LogP contribution in [0.2, 0.25) is 0 Å². The van der Waals surface area contributed by atoms with Crippen LogP contribution in [0.5, 0.6) is 5.75 Å². The van der Waals surface area contributed by atoms with Gasteiger partial charge in [0, 0.05) is 5.69 Å². The van der Waals surface area contributed by atoms with E-state index in [9.17, 15) is 0 Å². The van der Waals surface area contributed by atoms with Crippen molar-refractivity contribution in [3.05, 3.63) is 59.9 Å². The van der Waals surface area contributed by atoms with Crippen LogP contribution >= 0.6 is 0 Å². The second kappa shape index (κ2) is 6.95. The van der Waals surface area contributed by atoms with Gasteiger partial charge in [0.1, 0.15) is 11.6 Å². The van der Waals surface area contributed by atoms with Crippen molar-refractivity contribution >= 4 is 23.3 Å². The van der Waals surface area contributed by atoms with Crippen LogP contribution in [0, 0.1) is 13.8 Å². The molecule has 2 aromatic carbocycles. The first-order valence-corrected chi connectivity index (χ1v) is 7.60. The number of rotatable bonds is 5. The van der Waals surface area contributed by atoms with Crippen molar-refractivity contribution in [1.82, 2.24) is 15.0 Å². The summed E-state index contributed by atoms with van der Waals surface area (Å²) in [5.41, 5.74) is 2.90. The van der Waals surface area contributed by atoms with Gasteiger partial charge in [0.05, 0.1) is 12.8 Å². The molecule has 0 amide bonds. The molecule has 24 heavy (non-hydrogen) atoms. The number of aromatic nitrogens is 3. The van der Waals surface area contributed by atoms with E-state index in [2.05, 4.69) is 25.6 Å². The summed E-state index contributed by atoms with van der Waals surface area (Å²) in [6.07, 6.45) is 0. The SMILES string of the molecule is COc1ccccc1Nc1nc(C)nc(Nc2cccc(C)c2)n1. The fourth-order valence-corrected chi connectivity index (χ4v) is 2.31. The highest BCUT2D eigenvalue weighted by Gasteiger charge is 2.07. The molecule has 0 atom stereocenters. The number of hydrogen-bond donors (Lipinski definition) is 2. The van der Waals surface area contributed by atoms with Crippen molar-refractivity contribution in [2.45, 2.75) is 13.8 Å². The average molecular weight is 321 g/mol. The molecular formula is C18H19N5O. The smallest absolute Gasteiger partial charge is 0.232 e. The molecule has 3 aromatic rings. The quantitative estimate of drug-likeness (QED) is 0.740. The molecule has 0 spiro atoms. The molecule has 1 heterocycles. The Morgan fingerprint density at radius 2 is 1.58 bits per heavy atom. The van der Waals surface area contributed by atoms with Gasteiger partial charge in [-0.2, -0.15) is 15.0 Å². The molecule has 0 aliphatic rings. The van der Waals surface area contributed by atoms with E-state index in [0.717, 1.165) is 22.7 Å². The molecule has 6 heteroatoms. The number of nitrogens with one attached hydrogen (secondary N) is 2. The minimum Gasteiger partial charge on any atom is -0.495 e. The standard InChI is InChI=1S/C18H19N5O/c1-12-7-6-8-14(11-12)21-17-19-13(2)20-18(23-17)22-15-9-4-5-10-16(15)24-3/h4-11H,1-3H3,(H2,19,20,21,22,23). The third-order valence-corrected chi connectivity index (χ3v) is 3.37. The fraction of sp³-hybridized carbons (Fsp3) is 0.167. The molecule has 0 aliphatic carbocycles. The van der Waals surface area contributed by atoms with Gasteiger partial charge in [-0.05, 0) is 43.7 Å². The van der Waals surface area contributed by atoms with E-state index >= 15 is 0 Å². The zero-order valence-electron chi connectivity index (χ0n) is 13.9. The van der Waals surface area contributed by atoms with Crippen LogP contribution in [0.15, 0.2) is 48.5 Å². The zero-order valence-corrected chi connectivity index (χ0v) is 13.9. The second-order valence-corrected chi connectivity index (χ2v) is 5.35. The first kappa shape index (κ1) is 15.7. The molecule has 0 unspecified atom stereocenters. The molecule has 0 saturated heterocycles. The number of anilines is 4. The highest BCUT2D eigenvalue weighted by molar-refractivity contribution is 5.63. The molecule has 0 radical (unpaired) electrons. The zero-order chi connectivity index (χ0) is 16.9. The topological polar surface area (TPSA) is 72.0 Å². The Bertz CT molecular complexity index is 850. The molecule has 0 bridgehead atoms. The Hall–Kier alpha value is -3.15. The van der Waals surface area contributed by atoms with Crippen molar-refractivity contribution in [1.29, 1.82) is 0 Å². The van der Waals surface area contributed by atoms with Crippen LogP contribution in [0.25, 0.3) is 0 Å². The number of ether oxygens (including phenoxy) is 1. The van der Waals surface area contributed by atoms with Gasteiger partial charge in [-0.1, -0.05) is 24.3 Å². The summed E-state index contributed by atoms with van der Waals surface area (Å²) in [4.78, 5) is 13.1. The predicted molar refractivity (Wildman–Crippen MR) is 95.3 cm³/mol. The number of hydrogen-bond acceptors (Lipinski definition) is 6. The summed E-state index contributed by atoms with van der Waals surface area (Å²) in [6, 6.07) is 15.6. The first-order valence-electron chi connectivity index (χ1n) is 7.60. The van der Waals surface area contributed by atoms with E-state index in [1.54, 1.807) is 7.11 Å². The van der Waals surface area contributed by atoms with Gasteiger partial charge in [0.25, 0.3) is 0 Å². The van der Waals surface area contributed by atoms with Crippen LogP contribution in [0.1, 0.15) is 11.4 Å². The number of nitrogens with zero attached hydrogens (tertiary/aromatic N) is 3. The van der Waals surface area contributed by atoms with E-state index in [4.69, 9.17) is 4.74 Å². The van der Waals surface area contributed by atoms with Crippen LogP contribution < -0.4 is 15.4 Å². The lowest BCUT2D eigenvalue weighted by Crippen LogP contribution is -2.06. The van der Waals surface area contributed by atoms with Crippen LogP contribution in [0.4, 0.5) is 23.3 Å². The van der Waals surface area contributed by atoms with Gasteiger partial charge in [-0.25, -0.2) is 0 Å². The summed E-state index contributed by atoms with van der Waals surface area (Å²) < 4.78 is 5.34. The summed E-state index contributed by atoms with van der Waals surface area (Å²) in [5.74, 6) is 2.30. The molecule has 2 N–H and O–H groups in total. The Kier molecular flexibility index (Phi) is 4.56. The lowest BCUT2D eigenvalue weighted by atomic mass is 10.2. The molecule has 122 valence electrons. The lowest BCUT2D eigenvalue weighted by Gasteiger charge is -2.11. The first-order chi connectivity index (χ1) is 11.6. The fourth-order valence-electron chi connectivity index (χ4n) is 2.31. The summed E-state index contributed by atoms with van der Waals surface area (Å²) in [7, 11) is 1.63. The van der Waals surface area contributed by atoms with Crippen molar-refractivity contribution in [3.63, 3.8) is 0 Å². The molecule has 3 rings (SSSR count).